The van der Waals surface area contributed by atoms with Crippen molar-refractivity contribution in [1.82, 2.24) is 4.90 Å². The molecule has 28 heavy (non-hydrogen) atoms. The average Bonchev–Trinajstić information content (AvgIpc) is 2.70. The summed E-state index contributed by atoms with van der Waals surface area (Å²) in [6, 6.07) is 7.56. The summed E-state index contributed by atoms with van der Waals surface area (Å²) >= 11 is 3.40. The van der Waals surface area contributed by atoms with Gasteiger partial charge in [-0.1, -0.05) is 0 Å². The molecule has 0 N–H and O–H groups in total. The zero-order valence-corrected chi connectivity index (χ0v) is 17.7. The van der Waals surface area contributed by atoms with Gasteiger partial charge < -0.3 is 19.1 Å². The summed E-state index contributed by atoms with van der Waals surface area (Å²) in [6.07, 6.45) is 1.68. The smallest absolute Gasteiger partial charge is 0.342 e. The number of carbonyl (C=O) groups excluding carboxylic acids is 1. The van der Waals surface area contributed by atoms with Gasteiger partial charge in [0, 0.05) is 35.8 Å². The van der Waals surface area contributed by atoms with Gasteiger partial charge in [-0.05, 0) is 41.1 Å². The van der Waals surface area contributed by atoms with Gasteiger partial charge >= 0.3 is 5.97 Å². The summed E-state index contributed by atoms with van der Waals surface area (Å²) in [5.74, 6) is -0.434. The summed E-state index contributed by atoms with van der Waals surface area (Å²) in [5, 5.41) is 0. The molecule has 0 fully saturated rings. The Morgan fingerprint density at radius 1 is 1.25 bits per heavy atom. The number of nitrogens with zero attached hydrogens (tertiary/aromatic N) is 2. The Morgan fingerprint density at radius 3 is 2.61 bits per heavy atom. The molecule has 6 nitrogen and oxygen atoms in total. The van der Waals surface area contributed by atoms with Gasteiger partial charge in [0.2, 0.25) is 0 Å². The zero-order chi connectivity index (χ0) is 20.7. The van der Waals surface area contributed by atoms with Gasteiger partial charge in [-0.2, -0.15) is 0 Å². The summed E-state index contributed by atoms with van der Waals surface area (Å²) < 4.78 is 30.1. The van der Waals surface area contributed by atoms with E-state index in [4.69, 9.17) is 14.2 Å². The van der Waals surface area contributed by atoms with Crippen molar-refractivity contribution in [3.63, 3.8) is 0 Å². The molecule has 2 rings (SSSR count). The first-order chi connectivity index (χ1) is 13.4. The Hall–Kier alpha value is -2.61. The fraction of sp³-hybridized carbons (Fsp3) is 0.300. The molecule has 0 bridgehead atoms. The lowest BCUT2D eigenvalue weighted by atomic mass is 10.1. The number of benzene rings is 2. The third kappa shape index (κ3) is 5.45. The van der Waals surface area contributed by atoms with Crippen LogP contribution < -0.4 is 9.47 Å². The number of aliphatic imine (C=N–C) groups is 1. The molecule has 0 amide bonds. The van der Waals surface area contributed by atoms with Crippen molar-refractivity contribution in [1.29, 1.82) is 0 Å². The average molecular weight is 453 g/mol. The van der Waals surface area contributed by atoms with Crippen LogP contribution >= 0.6 is 15.9 Å². The number of halogens is 2. The van der Waals surface area contributed by atoms with E-state index in [0.29, 0.717) is 21.7 Å². The van der Waals surface area contributed by atoms with Crippen LogP contribution in [0.5, 0.6) is 11.5 Å². The lowest BCUT2D eigenvalue weighted by Crippen LogP contribution is -2.14. The van der Waals surface area contributed by atoms with E-state index in [0.717, 1.165) is 6.54 Å². The van der Waals surface area contributed by atoms with Crippen molar-refractivity contribution in [2.24, 2.45) is 4.99 Å². The SMILES string of the molecule is CCN(C)/C=N/c1cc(OC)c(C(=O)OCc2ccc(OC)cc2F)cc1Br. The van der Waals surface area contributed by atoms with Crippen molar-refractivity contribution in [3.8, 4) is 11.5 Å². The number of carbonyl (C=O) groups is 1. The second kappa shape index (κ2) is 10.1. The maximum atomic E-state index is 14.0. The van der Waals surface area contributed by atoms with Crippen LogP contribution in [0.2, 0.25) is 0 Å². The molecule has 2 aromatic carbocycles. The minimum Gasteiger partial charge on any atom is -0.497 e. The Kier molecular flexibility index (Phi) is 7.80. The van der Waals surface area contributed by atoms with Crippen LogP contribution in [0.4, 0.5) is 10.1 Å². The van der Waals surface area contributed by atoms with Gasteiger partial charge in [0.05, 0.1) is 26.2 Å². The molecule has 0 radical (unpaired) electrons. The number of ether oxygens (including phenoxy) is 3. The van der Waals surface area contributed by atoms with E-state index >= 15 is 0 Å². The molecule has 0 aromatic heterocycles. The summed E-state index contributed by atoms with van der Waals surface area (Å²) in [6.45, 7) is 2.60. The van der Waals surface area contributed by atoms with E-state index in [1.165, 1.54) is 26.4 Å². The maximum Gasteiger partial charge on any atom is 0.342 e. The van der Waals surface area contributed by atoms with Crippen molar-refractivity contribution in [2.45, 2.75) is 13.5 Å². The molecule has 8 heteroatoms. The van der Waals surface area contributed by atoms with Gasteiger partial charge in [-0.25, -0.2) is 14.2 Å². The van der Waals surface area contributed by atoms with Crippen molar-refractivity contribution >= 4 is 33.9 Å². The Bertz CT molecular complexity index is 874. The molecule has 150 valence electrons. The van der Waals surface area contributed by atoms with E-state index in [2.05, 4.69) is 20.9 Å². The van der Waals surface area contributed by atoms with Gasteiger partial charge in [-0.15, -0.1) is 0 Å². The summed E-state index contributed by atoms with van der Waals surface area (Å²) in [7, 11) is 4.81. The third-order valence-corrected chi connectivity index (χ3v) is 4.64. The second-order valence-electron chi connectivity index (χ2n) is 5.86. The first-order valence-corrected chi connectivity index (χ1v) is 9.30. The highest BCUT2D eigenvalue weighted by Crippen LogP contribution is 2.33. The van der Waals surface area contributed by atoms with E-state index < -0.39 is 11.8 Å². The normalized spacial score (nSPS) is 10.8. The molecule has 0 unspecified atom stereocenters. The highest BCUT2D eigenvalue weighted by atomic mass is 79.9. The van der Waals surface area contributed by atoms with Gasteiger partial charge in [0.15, 0.2) is 0 Å². The van der Waals surface area contributed by atoms with E-state index in [9.17, 15) is 9.18 Å². The summed E-state index contributed by atoms with van der Waals surface area (Å²) in [5.41, 5.74) is 1.07. The fourth-order valence-corrected chi connectivity index (χ4v) is 2.65. The first-order valence-electron chi connectivity index (χ1n) is 8.51. The lowest BCUT2D eigenvalue weighted by Gasteiger charge is -2.12. The van der Waals surface area contributed by atoms with Gasteiger partial charge in [0.1, 0.15) is 29.5 Å². The fourth-order valence-electron chi connectivity index (χ4n) is 2.21. The van der Waals surface area contributed by atoms with Crippen molar-refractivity contribution in [3.05, 3.63) is 51.7 Å². The van der Waals surface area contributed by atoms with Crippen LogP contribution in [0, 0.1) is 5.82 Å². The summed E-state index contributed by atoms with van der Waals surface area (Å²) in [4.78, 5) is 18.8. The second-order valence-corrected chi connectivity index (χ2v) is 6.71. The predicted molar refractivity (Wildman–Crippen MR) is 109 cm³/mol. The minimum atomic E-state index is -0.631. The molecule has 0 atom stereocenters. The number of hydrogen-bond acceptors (Lipinski definition) is 5. The molecular weight excluding hydrogens is 431 g/mol. The minimum absolute atomic E-state index is 0.212. The van der Waals surface area contributed by atoms with Crippen LogP contribution in [0.15, 0.2) is 39.8 Å². The molecule has 0 spiro atoms. The third-order valence-electron chi connectivity index (χ3n) is 4.00. The molecule has 0 aliphatic rings. The van der Waals surface area contributed by atoms with E-state index in [1.807, 2.05) is 18.9 Å². The van der Waals surface area contributed by atoms with E-state index in [1.54, 1.807) is 24.5 Å². The number of rotatable bonds is 8. The van der Waals surface area contributed by atoms with Crippen molar-refractivity contribution in [2.75, 3.05) is 27.8 Å². The Labute approximate surface area is 172 Å². The van der Waals surface area contributed by atoms with Crippen LogP contribution in [-0.4, -0.2) is 45.0 Å². The molecule has 0 heterocycles. The molecular formula is C20H22BrFN2O4. The van der Waals surface area contributed by atoms with Gasteiger partial charge in [-0.3, -0.25) is 0 Å². The topological polar surface area (TPSA) is 60.4 Å². The highest BCUT2D eigenvalue weighted by Gasteiger charge is 2.18. The molecule has 0 aliphatic carbocycles. The number of hydrogen-bond donors (Lipinski definition) is 0. The zero-order valence-electron chi connectivity index (χ0n) is 16.2. The monoisotopic (exact) mass is 452 g/mol. The lowest BCUT2D eigenvalue weighted by molar-refractivity contribution is 0.0465. The van der Waals surface area contributed by atoms with Crippen LogP contribution in [0.1, 0.15) is 22.8 Å². The largest absolute Gasteiger partial charge is 0.497 e. The first kappa shape index (κ1) is 21.7. The highest BCUT2D eigenvalue weighted by molar-refractivity contribution is 9.10. The maximum absolute atomic E-state index is 14.0. The Balaban J connectivity index is 2.18. The van der Waals surface area contributed by atoms with Crippen molar-refractivity contribution < 1.29 is 23.4 Å². The molecule has 0 aliphatic heterocycles. The predicted octanol–water partition coefficient (Wildman–Crippen LogP) is 4.57. The van der Waals surface area contributed by atoms with Crippen LogP contribution in [-0.2, 0) is 11.3 Å². The van der Waals surface area contributed by atoms with Crippen LogP contribution in [0.3, 0.4) is 0 Å². The standard InChI is InChI=1S/C20H22BrFN2O4/c1-5-24(2)12-23-18-10-19(27-4)15(9-16(18)21)20(25)28-11-13-6-7-14(26-3)8-17(13)22/h6-10,12H,5,11H2,1-4H3/b23-12+. The molecule has 0 saturated carbocycles. The molecule has 2 aromatic rings. The number of esters is 1. The van der Waals surface area contributed by atoms with E-state index in [-0.39, 0.29) is 17.7 Å². The quantitative estimate of drug-likeness (QED) is 0.333. The molecule has 0 saturated heterocycles. The Morgan fingerprint density at radius 2 is 2.00 bits per heavy atom. The number of methoxy groups -OCH3 is 2. The van der Waals surface area contributed by atoms with Gasteiger partial charge in [0.25, 0.3) is 0 Å². The van der Waals surface area contributed by atoms with Crippen LogP contribution in [0.25, 0.3) is 0 Å².